The number of hydrogen-bond acceptors (Lipinski definition) is 1. The Balaban J connectivity index is 0.00000172. The Morgan fingerprint density at radius 3 is 1.15 bits per heavy atom. The van der Waals surface area contributed by atoms with E-state index < -0.39 is 45.6 Å². The van der Waals surface area contributed by atoms with Gasteiger partial charge >= 0.3 is 0 Å². The van der Waals surface area contributed by atoms with E-state index in [2.05, 4.69) is 0 Å². The predicted octanol–water partition coefficient (Wildman–Crippen LogP) is 4.42. The minimum absolute atomic E-state index is 0.897. The summed E-state index contributed by atoms with van der Waals surface area (Å²) >= 11 is 0. The summed E-state index contributed by atoms with van der Waals surface area (Å²) in [4.78, 5) is 0. The Morgan fingerprint density at radius 1 is 0.650 bits per heavy atom. The molecule has 0 heterocycles. The van der Waals surface area contributed by atoms with Gasteiger partial charge in [0.2, 0.25) is 5.82 Å². The van der Waals surface area contributed by atoms with E-state index in [1.807, 2.05) is 13.8 Å². The molecule has 0 saturated heterocycles. The van der Waals surface area contributed by atoms with E-state index in [0.29, 0.717) is 0 Å². The molecule has 0 fully saturated rings. The molecule has 0 aliphatic rings. The van der Waals surface area contributed by atoms with Crippen LogP contribution in [-0.4, -0.2) is 5.54 Å². The molecule has 0 aliphatic carbocycles. The van der Waals surface area contributed by atoms with Crippen LogP contribution in [0.5, 0.6) is 0 Å². The molecule has 0 aromatic heterocycles. The maximum Gasteiger partial charge on any atom is 0.200 e. The second kappa shape index (κ2) is 6.08. The molecule has 0 amide bonds. The fraction of sp³-hybridized carbons (Fsp3) is 0.571. The molecule has 1 aromatic rings. The third kappa shape index (κ3) is 2.95. The normalized spacial score (nSPS) is 12.0. The second-order valence-electron chi connectivity index (χ2n) is 5.29. The van der Waals surface area contributed by atoms with Crippen molar-refractivity contribution in [2.24, 2.45) is 5.73 Å². The molecule has 0 atom stereocenters. The van der Waals surface area contributed by atoms with Gasteiger partial charge in [0.25, 0.3) is 0 Å². The second-order valence-corrected chi connectivity index (χ2v) is 5.29. The highest BCUT2D eigenvalue weighted by molar-refractivity contribution is 5.33. The molecule has 0 radical (unpaired) electrons. The van der Waals surface area contributed by atoms with Crippen LogP contribution in [0.15, 0.2) is 0 Å². The number of benzene rings is 1. The fourth-order valence-electron chi connectivity index (χ4n) is 1.48. The highest BCUT2D eigenvalue weighted by Gasteiger charge is 2.42. The summed E-state index contributed by atoms with van der Waals surface area (Å²) in [6.45, 7) is 9.55. The van der Waals surface area contributed by atoms with Crippen molar-refractivity contribution < 1.29 is 22.0 Å². The molecular formula is C14H20F5N. The summed E-state index contributed by atoms with van der Waals surface area (Å²) in [5.41, 5.74) is 2.24. The van der Waals surface area contributed by atoms with Crippen molar-refractivity contribution in [1.82, 2.24) is 0 Å². The number of nitrogens with two attached hydrogens (primary N) is 1. The minimum Gasteiger partial charge on any atom is -0.325 e. The highest BCUT2D eigenvalue weighted by Crippen LogP contribution is 2.38. The quantitative estimate of drug-likeness (QED) is 0.488. The predicted molar refractivity (Wildman–Crippen MR) is 68.9 cm³/mol. The van der Waals surface area contributed by atoms with Crippen LogP contribution >= 0.6 is 0 Å². The first-order chi connectivity index (χ1) is 8.93. The molecule has 1 nitrogen and oxygen atoms in total. The Hall–Kier alpha value is -1.17. The van der Waals surface area contributed by atoms with Crippen LogP contribution in [0.1, 0.15) is 47.1 Å². The summed E-state index contributed by atoms with van der Waals surface area (Å²) in [7, 11) is 0. The lowest BCUT2D eigenvalue weighted by molar-refractivity contribution is 0.269. The lowest BCUT2D eigenvalue weighted by atomic mass is 9.70. The molecule has 2 N–H and O–H groups in total. The van der Waals surface area contributed by atoms with Crippen molar-refractivity contribution in [2.75, 3.05) is 0 Å². The van der Waals surface area contributed by atoms with Gasteiger partial charge in [0.15, 0.2) is 23.3 Å². The van der Waals surface area contributed by atoms with Crippen LogP contribution in [0.3, 0.4) is 0 Å². The van der Waals surface area contributed by atoms with Gasteiger partial charge in [-0.25, -0.2) is 22.0 Å². The first kappa shape index (κ1) is 18.8. The van der Waals surface area contributed by atoms with E-state index in [9.17, 15) is 22.0 Å². The number of halogens is 5. The average molecular weight is 297 g/mol. The summed E-state index contributed by atoms with van der Waals surface area (Å²) in [5, 5.41) is 0. The standard InChI is InChI=1S/C12H14F5N.C2H6/c1-11(2,12(3,4)18)5-6(13)8(15)10(17)9(16)7(5)14;1-2/h18H2,1-4H3;1-2H3. The first-order valence-electron chi connectivity index (χ1n) is 6.23. The summed E-state index contributed by atoms with van der Waals surface area (Å²) in [6.07, 6.45) is 0. The maximum atomic E-state index is 13.7. The molecule has 0 aliphatic heterocycles. The molecule has 0 bridgehead atoms. The molecule has 0 spiro atoms. The van der Waals surface area contributed by atoms with Crippen molar-refractivity contribution in [3.05, 3.63) is 34.6 Å². The van der Waals surface area contributed by atoms with Gasteiger partial charge in [0, 0.05) is 16.5 Å². The van der Waals surface area contributed by atoms with E-state index in [1.165, 1.54) is 27.7 Å². The van der Waals surface area contributed by atoms with E-state index in [1.54, 1.807) is 0 Å². The Kier molecular flexibility index (Phi) is 5.72. The van der Waals surface area contributed by atoms with Crippen LogP contribution in [0.25, 0.3) is 0 Å². The summed E-state index contributed by atoms with van der Waals surface area (Å²) < 4.78 is 66.5. The van der Waals surface area contributed by atoms with Crippen molar-refractivity contribution in [3.63, 3.8) is 0 Å². The average Bonchev–Trinajstić information content (AvgIpc) is 2.35. The third-order valence-electron chi connectivity index (χ3n) is 3.45. The maximum absolute atomic E-state index is 13.7. The van der Waals surface area contributed by atoms with Crippen molar-refractivity contribution in [2.45, 2.75) is 52.5 Å². The van der Waals surface area contributed by atoms with Gasteiger partial charge < -0.3 is 5.73 Å². The largest absolute Gasteiger partial charge is 0.325 e. The SMILES string of the molecule is CC.CC(C)(N)C(C)(C)c1c(F)c(F)c(F)c(F)c1F. The number of hydrogen-bond donors (Lipinski definition) is 1. The topological polar surface area (TPSA) is 26.0 Å². The smallest absolute Gasteiger partial charge is 0.200 e. The molecule has 0 unspecified atom stereocenters. The van der Waals surface area contributed by atoms with Crippen molar-refractivity contribution in [1.29, 1.82) is 0 Å². The Labute approximate surface area is 116 Å². The van der Waals surface area contributed by atoms with Gasteiger partial charge in [-0.05, 0) is 13.8 Å². The highest BCUT2D eigenvalue weighted by atomic mass is 19.2. The van der Waals surface area contributed by atoms with Crippen LogP contribution in [-0.2, 0) is 5.41 Å². The van der Waals surface area contributed by atoms with Gasteiger partial charge in [-0.3, -0.25) is 0 Å². The third-order valence-corrected chi connectivity index (χ3v) is 3.45. The van der Waals surface area contributed by atoms with Crippen LogP contribution in [0.4, 0.5) is 22.0 Å². The van der Waals surface area contributed by atoms with E-state index in [4.69, 9.17) is 5.73 Å². The zero-order chi connectivity index (χ0) is 16.5. The lowest BCUT2D eigenvalue weighted by Crippen LogP contribution is -2.51. The molecule has 116 valence electrons. The van der Waals surface area contributed by atoms with Gasteiger partial charge in [-0.15, -0.1) is 0 Å². The molecule has 20 heavy (non-hydrogen) atoms. The molecule has 1 rings (SSSR count). The van der Waals surface area contributed by atoms with Crippen LogP contribution in [0, 0.1) is 29.1 Å². The van der Waals surface area contributed by atoms with Crippen molar-refractivity contribution >= 4 is 0 Å². The Morgan fingerprint density at radius 2 is 0.900 bits per heavy atom. The van der Waals surface area contributed by atoms with Crippen molar-refractivity contribution in [3.8, 4) is 0 Å². The monoisotopic (exact) mass is 297 g/mol. The molecule has 6 heteroatoms. The van der Waals surface area contributed by atoms with Gasteiger partial charge in [-0.1, -0.05) is 27.7 Å². The zero-order valence-electron chi connectivity index (χ0n) is 12.5. The lowest BCUT2D eigenvalue weighted by Gasteiger charge is -2.39. The van der Waals surface area contributed by atoms with Crippen LogP contribution in [0.2, 0.25) is 0 Å². The van der Waals surface area contributed by atoms with E-state index >= 15 is 0 Å². The first-order valence-corrected chi connectivity index (χ1v) is 6.23. The zero-order valence-corrected chi connectivity index (χ0v) is 12.5. The minimum atomic E-state index is -2.17. The number of rotatable bonds is 2. The Bertz CT molecular complexity index is 460. The van der Waals surface area contributed by atoms with Gasteiger partial charge in [-0.2, -0.15) is 0 Å². The van der Waals surface area contributed by atoms with Crippen LogP contribution < -0.4 is 5.73 Å². The van der Waals surface area contributed by atoms with E-state index in [-0.39, 0.29) is 0 Å². The summed E-state index contributed by atoms with van der Waals surface area (Å²) in [5.74, 6) is -9.76. The molecule has 1 aromatic carbocycles. The van der Waals surface area contributed by atoms with Gasteiger partial charge in [0.05, 0.1) is 0 Å². The molecule has 0 saturated carbocycles. The van der Waals surface area contributed by atoms with E-state index in [0.717, 1.165) is 0 Å². The van der Waals surface area contributed by atoms with Gasteiger partial charge in [0.1, 0.15) is 0 Å². The summed E-state index contributed by atoms with van der Waals surface area (Å²) in [6, 6.07) is 0. The molecular weight excluding hydrogens is 277 g/mol. The fourth-order valence-corrected chi connectivity index (χ4v) is 1.48.